The van der Waals surface area contributed by atoms with E-state index in [0.29, 0.717) is 31.1 Å². The van der Waals surface area contributed by atoms with E-state index in [0.717, 1.165) is 22.0 Å². The predicted molar refractivity (Wildman–Crippen MR) is 104 cm³/mol. The number of aliphatic carboxylic acids is 1. The summed E-state index contributed by atoms with van der Waals surface area (Å²) in [5.74, 6) is 0.440. The lowest BCUT2D eigenvalue weighted by atomic mass is 10.0. The highest BCUT2D eigenvalue weighted by atomic mass is 16.5. The van der Waals surface area contributed by atoms with Crippen LogP contribution in [-0.2, 0) is 17.8 Å². The van der Waals surface area contributed by atoms with Gasteiger partial charge in [0, 0.05) is 30.1 Å². The zero-order chi connectivity index (χ0) is 19.2. The summed E-state index contributed by atoms with van der Waals surface area (Å²) >= 11 is 0. The first kappa shape index (κ1) is 18.8. The lowest BCUT2D eigenvalue weighted by Crippen LogP contribution is -2.38. The van der Waals surface area contributed by atoms with Gasteiger partial charge in [0.1, 0.15) is 6.04 Å². The maximum Gasteiger partial charge on any atom is 0.321 e. The van der Waals surface area contributed by atoms with E-state index < -0.39 is 12.0 Å². The summed E-state index contributed by atoms with van der Waals surface area (Å²) in [4.78, 5) is 14.9. The number of aromatic amines is 1. The van der Waals surface area contributed by atoms with Gasteiger partial charge in [-0.15, -0.1) is 0 Å². The van der Waals surface area contributed by atoms with Crippen LogP contribution in [0.3, 0.4) is 0 Å². The summed E-state index contributed by atoms with van der Waals surface area (Å²) in [6, 6.07) is 12.8. The zero-order valence-electron chi connectivity index (χ0n) is 15.5. The van der Waals surface area contributed by atoms with Crippen molar-refractivity contribution in [2.75, 3.05) is 13.7 Å². The first-order valence-corrected chi connectivity index (χ1v) is 8.93. The topological polar surface area (TPSA) is 83.6 Å². The third-order valence-electron chi connectivity index (χ3n) is 4.48. The molecule has 3 N–H and O–H groups in total. The van der Waals surface area contributed by atoms with Crippen LogP contribution in [0.1, 0.15) is 18.1 Å². The van der Waals surface area contributed by atoms with Crippen LogP contribution in [-0.4, -0.2) is 35.8 Å². The van der Waals surface area contributed by atoms with Crippen molar-refractivity contribution in [2.45, 2.75) is 25.9 Å². The average Bonchev–Trinajstić information content (AvgIpc) is 3.09. The summed E-state index contributed by atoms with van der Waals surface area (Å²) in [6.07, 6.45) is 2.27. The van der Waals surface area contributed by atoms with E-state index in [4.69, 9.17) is 9.47 Å². The molecule has 1 aromatic heterocycles. The van der Waals surface area contributed by atoms with E-state index in [-0.39, 0.29) is 0 Å². The Bertz CT molecular complexity index is 919. The number of benzene rings is 2. The number of carboxylic acid groups (broad SMARTS) is 1. The Kier molecular flexibility index (Phi) is 5.98. The van der Waals surface area contributed by atoms with E-state index in [1.165, 1.54) is 0 Å². The highest BCUT2D eigenvalue weighted by molar-refractivity contribution is 5.84. The molecule has 0 saturated heterocycles. The van der Waals surface area contributed by atoms with Gasteiger partial charge < -0.3 is 24.9 Å². The van der Waals surface area contributed by atoms with Crippen molar-refractivity contribution in [3.8, 4) is 11.5 Å². The first-order valence-electron chi connectivity index (χ1n) is 8.93. The van der Waals surface area contributed by atoms with Gasteiger partial charge >= 0.3 is 5.97 Å². The fourth-order valence-corrected chi connectivity index (χ4v) is 3.10. The van der Waals surface area contributed by atoms with Crippen molar-refractivity contribution in [3.05, 3.63) is 59.8 Å². The number of nitrogens with one attached hydrogen (secondary N) is 2. The number of H-pyrrole nitrogens is 1. The smallest absolute Gasteiger partial charge is 0.321 e. The molecular weight excluding hydrogens is 344 g/mol. The Morgan fingerprint density at radius 2 is 2.04 bits per heavy atom. The van der Waals surface area contributed by atoms with Crippen molar-refractivity contribution >= 4 is 16.9 Å². The molecule has 0 amide bonds. The largest absolute Gasteiger partial charge is 0.493 e. The summed E-state index contributed by atoms with van der Waals surface area (Å²) in [5, 5.41) is 13.8. The molecule has 0 radical (unpaired) electrons. The maximum absolute atomic E-state index is 11.7. The lowest BCUT2D eigenvalue weighted by molar-refractivity contribution is -0.139. The minimum atomic E-state index is -0.877. The summed E-state index contributed by atoms with van der Waals surface area (Å²) < 4.78 is 10.9. The maximum atomic E-state index is 11.7. The van der Waals surface area contributed by atoms with E-state index >= 15 is 0 Å². The Balaban J connectivity index is 1.71. The molecule has 2 aromatic carbocycles. The third-order valence-corrected chi connectivity index (χ3v) is 4.48. The monoisotopic (exact) mass is 368 g/mol. The van der Waals surface area contributed by atoms with Crippen LogP contribution in [0.25, 0.3) is 10.9 Å². The van der Waals surface area contributed by atoms with Crippen molar-refractivity contribution in [3.63, 3.8) is 0 Å². The molecule has 3 aromatic rings. The van der Waals surface area contributed by atoms with Crippen LogP contribution in [0.15, 0.2) is 48.7 Å². The van der Waals surface area contributed by atoms with Crippen LogP contribution < -0.4 is 14.8 Å². The van der Waals surface area contributed by atoms with Crippen LogP contribution in [0.2, 0.25) is 0 Å². The fraction of sp³-hybridized carbons (Fsp3) is 0.286. The summed E-state index contributed by atoms with van der Waals surface area (Å²) in [6.45, 7) is 2.89. The molecule has 1 heterocycles. The minimum Gasteiger partial charge on any atom is -0.493 e. The molecule has 6 heteroatoms. The molecule has 3 rings (SSSR count). The highest BCUT2D eigenvalue weighted by Gasteiger charge is 2.19. The zero-order valence-corrected chi connectivity index (χ0v) is 15.5. The Hall–Kier alpha value is -2.99. The van der Waals surface area contributed by atoms with Crippen LogP contribution in [0, 0.1) is 0 Å². The fourth-order valence-electron chi connectivity index (χ4n) is 3.10. The molecule has 0 aliphatic carbocycles. The number of carbonyl (C=O) groups is 1. The lowest BCUT2D eigenvalue weighted by Gasteiger charge is -2.15. The summed E-state index contributed by atoms with van der Waals surface area (Å²) in [5.41, 5.74) is 2.92. The van der Waals surface area contributed by atoms with Gasteiger partial charge in [0.25, 0.3) is 0 Å². The molecular formula is C21H24N2O4. The second-order valence-electron chi connectivity index (χ2n) is 6.25. The molecule has 0 fully saturated rings. The molecule has 27 heavy (non-hydrogen) atoms. The molecule has 6 nitrogen and oxygen atoms in total. The Labute approximate surface area is 158 Å². The number of hydrogen-bond acceptors (Lipinski definition) is 4. The Morgan fingerprint density at radius 1 is 1.22 bits per heavy atom. The number of rotatable bonds is 9. The van der Waals surface area contributed by atoms with Crippen molar-refractivity contribution < 1.29 is 19.4 Å². The van der Waals surface area contributed by atoms with Gasteiger partial charge in [-0.25, -0.2) is 0 Å². The van der Waals surface area contributed by atoms with Gasteiger partial charge in [-0.05, 0) is 36.2 Å². The molecule has 0 bridgehead atoms. The van der Waals surface area contributed by atoms with Gasteiger partial charge in [-0.1, -0.05) is 24.3 Å². The Morgan fingerprint density at radius 3 is 2.78 bits per heavy atom. The number of carboxylic acids is 1. The number of hydrogen-bond donors (Lipinski definition) is 3. The van der Waals surface area contributed by atoms with E-state index in [9.17, 15) is 9.90 Å². The molecule has 142 valence electrons. The van der Waals surface area contributed by atoms with E-state index in [1.807, 2.05) is 55.6 Å². The molecule has 1 atom stereocenters. The predicted octanol–water partition coefficient (Wildman–Crippen LogP) is 3.36. The van der Waals surface area contributed by atoms with Crippen molar-refractivity contribution in [1.82, 2.24) is 10.3 Å². The third kappa shape index (κ3) is 4.41. The molecule has 0 spiro atoms. The highest BCUT2D eigenvalue weighted by Crippen LogP contribution is 2.28. The van der Waals surface area contributed by atoms with Crippen LogP contribution in [0.4, 0.5) is 0 Å². The first-order chi connectivity index (χ1) is 13.1. The van der Waals surface area contributed by atoms with Crippen LogP contribution >= 0.6 is 0 Å². The average molecular weight is 368 g/mol. The second kappa shape index (κ2) is 8.60. The van der Waals surface area contributed by atoms with Gasteiger partial charge in [-0.3, -0.25) is 4.79 Å². The van der Waals surface area contributed by atoms with Gasteiger partial charge in [0.2, 0.25) is 0 Å². The molecule has 0 aliphatic heterocycles. The minimum absolute atomic E-state index is 0.396. The van der Waals surface area contributed by atoms with Gasteiger partial charge in [0.15, 0.2) is 11.5 Å². The summed E-state index contributed by atoms with van der Waals surface area (Å²) in [7, 11) is 1.59. The SMILES string of the molecule is CCOc1ccc(CN[C@H](Cc2c[nH]c3ccccc23)C(=O)O)cc1OC. The van der Waals surface area contributed by atoms with Crippen LogP contribution in [0.5, 0.6) is 11.5 Å². The van der Waals surface area contributed by atoms with Crippen molar-refractivity contribution in [2.24, 2.45) is 0 Å². The number of para-hydroxylation sites is 1. The molecule has 0 saturated carbocycles. The van der Waals surface area contributed by atoms with E-state index in [1.54, 1.807) is 7.11 Å². The van der Waals surface area contributed by atoms with Crippen molar-refractivity contribution in [1.29, 1.82) is 0 Å². The van der Waals surface area contributed by atoms with Gasteiger partial charge in [-0.2, -0.15) is 0 Å². The molecule has 0 unspecified atom stereocenters. The normalized spacial score (nSPS) is 12.1. The number of aromatic nitrogens is 1. The number of fused-ring (bicyclic) bond motifs is 1. The molecule has 0 aliphatic rings. The van der Waals surface area contributed by atoms with E-state index in [2.05, 4.69) is 10.3 Å². The number of ether oxygens (including phenoxy) is 2. The quantitative estimate of drug-likeness (QED) is 0.539. The van der Waals surface area contributed by atoms with Gasteiger partial charge in [0.05, 0.1) is 13.7 Å². The second-order valence-corrected chi connectivity index (χ2v) is 6.25. The number of methoxy groups -OCH3 is 1. The standard InChI is InChI=1S/C21H24N2O4/c1-3-27-19-9-8-14(10-20(19)26-2)12-22-18(21(24)25)11-15-13-23-17-7-5-4-6-16(15)17/h4-10,13,18,22-23H,3,11-12H2,1-2H3,(H,24,25)/t18-/m1/s1.